The molecule has 0 aliphatic carbocycles. The highest BCUT2D eigenvalue weighted by molar-refractivity contribution is 5.94. The Morgan fingerprint density at radius 3 is 2.74 bits per heavy atom. The number of halogens is 4. The first kappa shape index (κ1) is 19.6. The lowest BCUT2D eigenvalue weighted by molar-refractivity contribution is -0.274. The molecule has 0 spiro atoms. The van der Waals surface area contributed by atoms with Gasteiger partial charge in [0.1, 0.15) is 5.75 Å². The highest BCUT2D eigenvalue weighted by atomic mass is 35.5. The first-order valence-electron chi connectivity index (χ1n) is 7.28. The standard InChI is InChI=1S/C15H19F3N2O2.ClH/c1-2-8-20(12-6-7-19-10-12)14(21)11-4-3-5-13(9-11)22-15(16,17)18;/h3-5,9,12,19H,2,6-8,10H2,1H3;1H. The molecule has 0 aromatic heterocycles. The summed E-state index contributed by atoms with van der Waals surface area (Å²) in [5, 5.41) is 3.19. The van der Waals surface area contributed by atoms with Gasteiger partial charge in [0.05, 0.1) is 0 Å². The van der Waals surface area contributed by atoms with Crippen molar-refractivity contribution in [1.29, 1.82) is 0 Å². The van der Waals surface area contributed by atoms with Crippen LogP contribution in [0.5, 0.6) is 5.75 Å². The molecule has 1 amide bonds. The number of benzene rings is 1. The lowest BCUT2D eigenvalue weighted by Gasteiger charge is -2.28. The molecule has 8 heteroatoms. The largest absolute Gasteiger partial charge is 0.573 e. The van der Waals surface area contributed by atoms with Gasteiger partial charge in [0.25, 0.3) is 5.91 Å². The Kier molecular flexibility index (Phi) is 7.15. The van der Waals surface area contributed by atoms with Gasteiger partial charge in [0.15, 0.2) is 0 Å². The van der Waals surface area contributed by atoms with Crippen molar-refractivity contribution in [2.24, 2.45) is 0 Å². The highest BCUT2D eigenvalue weighted by Gasteiger charge is 2.32. The zero-order chi connectivity index (χ0) is 16.2. The summed E-state index contributed by atoms with van der Waals surface area (Å²) in [4.78, 5) is 14.3. The van der Waals surface area contributed by atoms with Gasteiger partial charge in [-0.05, 0) is 37.6 Å². The molecule has 0 saturated carbocycles. The number of nitrogens with zero attached hydrogens (tertiary/aromatic N) is 1. The summed E-state index contributed by atoms with van der Waals surface area (Å²) in [5.41, 5.74) is 0.210. The second-order valence-corrected chi connectivity index (χ2v) is 5.22. The van der Waals surface area contributed by atoms with E-state index in [2.05, 4.69) is 10.1 Å². The predicted octanol–water partition coefficient (Wildman–Crippen LogP) is 3.22. The molecule has 1 saturated heterocycles. The van der Waals surface area contributed by atoms with Gasteiger partial charge in [0, 0.05) is 24.7 Å². The summed E-state index contributed by atoms with van der Waals surface area (Å²) >= 11 is 0. The van der Waals surface area contributed by atoms with Crippen molar-refractivity contribution >= 4 is 18.3 Å². The molecule has 1 aromatic rings. The fourth-order valence-electron chi connectivity index (χ4n) is 2.59. The first-order valence-corrected chi connectivity index (χ1v) is 7.28. The molecule has 4 nitrogen and oxygen atoms in total. The Morgan fingerprint density at radius 2 is 2.17 bits per heavy atom. The third kappa shape index (κ3) is 5.58. The summed E-state index contributed by atoms with van der Waals surface area (Å²) < 4.78 is 40.7. The average molecular weight is 353 g/mol. The number of rotatable bonds is 5. The van der Waals surface area contributed by atoms with Crippen LogP contribution in [0, 0.1) is 0 Å². The Balaban J connectivity index is 0.00000264. The van der Waals surface area contributed by atoms with E-state index in [0.29, 0.717) is 13.1 Å². The summed E-state index contributed by atoms with van der Waals surface area (Å²) in [7, 11) is 0. The van der Waals surface area contributed by atoms with Crippen LogP contribution in [0.25, 0.3) is 0 Å². The Labute approximate surface area is 139 Å². The summed E-state index contributed by atoms with van der Waals surface area (Å²) in [6.45, 7) is 4.10. The first-order chi connectivity index (χ1) is 10.4. The molecule has 23 heavy (non-hydrogen) atoms. The summed E-state index contributed by atoms with van der Waals surface area (Å²) in [6.07, 6.45) is -3.12. The second-order valence-electron chi connectivity index (χ2n) is 5.22. The smallest absolute Gasteiger partial charge is 0.406 e. The van der Waals surface area contributed by atoms with Gasteiger partial charge in [-0.3, -0.25) is 4.79 Å². The number of nitrogens with one attached hydrogen (secondary N) is 1. The molecular weight excluding hydrogens is 333 g/mol. The van der Waals surface area contributed by atoms with Crippen LogP contribution in [0.4, 0.5) is 13.2 Å². The van der Waals surface area contributed by atoms with Crippen LogP contribution in [0.3, 0.4) is 0 Å². The minimum absolute atomic E-state index is 0. The monoisotopic (exact) mass is 352 g/mol. The van der Waals surface area contributed by atoms with Gasteiger partial charge in [-0.2, -0.15) is 0 Å². The van der Waals surface area contributed by atoms with E-state index in [9.17, 15) is 18.0 Å². The van der Waals surface area contributed by atoms with E-state index >= 15 is 0 Å². The summed E-state index contributed by atoms with van der Waals surface area (Å²) in [6, 6.07) is 5.31. The Bertz CT molecular complexity index is 520. The molecular formula is C15H20ClF3N2O2. The number of alkyl halides is 3. The number of amides is 1. The van der Waals surface area contributed by atoms with Crippen LogP contribution in [-0.4, -0.2) is 42.8 Å². The molecule has 1 aliphatic rings. The van der Waals surface area contributed by atoms with Gasteiger partial charge in [-0.25, -0.2) is 0 Å². The molecule has 130 valence electrons. The van der Waals surface area contributed by atoms with E-state index in [0.717, 1.165) is 25.5 Å². The minimum atomic E-state index is -4.76. The zero-order valence-electron chi connectivity index (χ0n) is 12.7. The molecule has 1 N–H and O–H groups in total. The molecule has 1 heterocycles. The number of ether oxygens (including phenoxy) is 1. The van der Waals surface area contributed by atoms with Crippen LogP contribution in [0.1, 0.15) is 30.1 Å². The molecule has 1 atom stereocenters. The predicted molar refractivity (Wildman–Crippen MR) is 83.0 cm³/mol. The zero-order valence-corrected chi connectivity index (χ0v) is 13.5. The molecule has 0 bridgehead atoms. The van der Waals surface area contributed by atoms with Gasteiger partial charge in [-0.15, -0.1) is 25.6 Å². The van der Waals surface area contributed by atoms with Crippen molar-refractivity contribution in [1.82, 2.24) is 10.2 Å². The number of hydrogen-bond donors (Lipinski definition) is 1. The fourth-order valence-corrected chi connectivity index (χ4v) is 2.59. The van der Waals surface area contributed by atoms with Crippen molar-refractivity contribution in [3.63, 3.8) is 0 Å². The molecule has 0 radical (unpaired) electrons. The maximum atomic E-state index is 12.6. The van der Waals surface area contributed by atoms with Crippen molar-refractivity contribution in [3.8, 4) is 5.75 Å². The van der Waals surface area contributed by atoms with Crippen molar-refractivity contribution < 1.29 is 22.7 Å². The lowest BCUT2D eigenvalue weighted by Crippen LogP contribution is -2.42. The van der Waals surface area contributed by atoms with Crippen LogP contribution in [0.15, 0.2) is 24.3 Å². The van der Waals surface area contributed by atoms with Crippen LogP contribution >= 0.6 is 12.4 Å². The van der Waals surface area contributed by atoms with Crippen LogP contribution in [0.2, 0.25) is 0 Å². The normalized spacial score (nSPS) is 17.5. The molecule has 1 fully saturated rings. The van der Waals surface area contributed by atoms with E-state index in [1.165, 1.54) is 18.2 Å². The van der Waals surface area contributed by atoms with E-state index in [-0.39, 0.29) is 35.7 Å². The van der Waals surface area contributed by atoms with E-state index < -0.39 is 6.36 Å². The van der Waals surface area contributed by atoms with Gasteiger partial charge in [0.2, 0.25) is 0 Å². The quantitative estimate of drug-likeness (QED) is 0.884. The van der Waals surface area contributed by atoms with E-state index in [1.807, 2.05) is 6.92 Å². The maximum absolute atomic E-state index is 12.6. The van der Waals surface area contributed by atoms with Gasteiger partial charge < -0.3 is 15.0 Å². The van der Waals surface area contributed by atoms with Crippen molar-refractivity contribution in [2.75, 3.05) is 19.6 Å². The fraction of sp³-hybridized carbons (Fsp3) is 0.533. The topological polar surface area (TPSA) is 41.6 Å². The van der Waals surface area contributed by atoms with Gasteiger partial charge >= 0.3 is 6.36 Å². The Hall–Kier alpha value is -1.47. The maximum Gasteiger partial charge on any atom is 0.573 e. The third-order valence-electron chi connectivity index (χ3n) is 3.52. The molecule has 1 aliphatic heterocycles. The van der Waals surface area contributed by atoms with Gasteiger partial charge in [-0.1, -0.05) is 13.0 Å². The second kappa shape index (κ2) is 8.40. The highest BCUT2D eigenvalue weighted by Crippen LogP contribution is 2.24. The van der Waals surface area contributed by atoms with E-state index in [4.69, 9.17) is 0 Å². The molecule has 1 aromatic carbocycles. The Morgan fingerprint density at radius 1 is 1.43 bits per heavy atom. The van der Waals surface area contributed by atoms with Crippen molar-refractivity contribution in [3.05, 3.63) is 29.8 Å². The number of carbonyl (C=O) groups excluding carboxylic acids is 1. The SMILES string of the molecule is CCCN(C(=O)c1cccc(OC(F)(F)F)c1)C1CCNC1.Cl. The van der Waals surface area contributed by atoms with E-state index in [1.54, 1.807) is 4.90 Å². The molecule has 2 rings (SSSR count). The van der Waals surface area contributed by atoms with Crippen LogP contribution in [-0.2, 0) is 0 Å². The van der Waals surface area contributed by atoms with Crippen LogP contribution < -0.4 is 10.1 Å². The number of carbonyl (C=O) groups is 1. The van der Waals surface area contributed by atoms with Crippen molar-refractivity contribution in [2.45, 2.75) is 32.2 Å². The number of hydrogen-bond acceptors (Lipinski definition) is 3. The molecule has 1 unspecified atom stereocenters. The average Bonchev–Trinajstić information content (AvgIpc) is 2.96. The minimum Gasteiger partial charge on any atom is -0.406 e. The summed E-state index contributed by atoms with van der Waals surface area (Å²) in [5.74, 6) is -0.637. The lowest BCUT2D eigenvalue weighted by atomic mass is 10.1. The third-order valence-corrected chi connectivity index (χ3v) is 3.52.